The van der Waals surface area contributed by atoms with Crippen LogP contribution in [-0.2, 0) is 18.3 Å². The van der Waals surface area contributed by atoms with Crippen molar-refractivity contribution in [3.8, 4) is 0 Å². The summed E-state index contributed by atoms with van der Waals surface area (Å²) in [6.07, 6.45) is 7.92. The number of benzene rings is 1. The van der Waals surface area contributed by atoms with Crippen LogP contribution < -0.4 is 5.32 Å². The summed E-state index contributed by atoms with van der Waals surface area (Å²) < 4.78 is 7.98. The van der Waals surface area contributed by atoms with Crippen LogP contribution in [0.15, 0.2) is 43.0 Å². The molecule has 4 rings (SSSR count). The maximum atomic E-state index is 5.94. The number of aromatic nitrogens is 3. The van der Waals surface area contributed by atoms with Crippen LogP contribution in [0.25, 0.3) is 10.9 Å². The van der Waals surface area contributed by atoms with Crippen LogP contribution in [0.5, 0.6) is 0 Å². The second-order valence-electron chi connectivity index (χ2n) is 6.25. The number of H-pyrrole nitrogens is 1. The molecule has 2 N–H and O–H groups in total. The van der Waals surface area contributed by atoms with Crippen molar-refractivity contribution in [2.75, 3.05) is 6.61 Å². The molecule has 2 atom stereocenters. The molecule has 0 saturated carbocycles. The van der Waals surface area contributed by atoms with Crippen molar-refractivity contribution in [2.24, 2.45) is 7.05 Å². The lowest BCUT2D eigenvalue weighted by Crippen LogP contribution is -2.36. The monoisotopic (exact) mass is 310 g/mol. The fourth-order valence-corrected chi connectivity index (χ4v) is 3.42. The minimum Gasteiger partial charge on any atom is -0.372 e. The third-order valence-electron chi connectivity index (χ3n) is 4.72. The van der Waals surface area contributed by atoms with Gasteiger partial charge in [-0.1, -0.05) is 18.2 Å². The van der Waals surface area contributed by atoms with E-state index in [1.165, 1.54) is 16.5 Å². The molecule has 0 amide bonds. The van der Waals surface area contributed by atoms with Gasteiger partial charge in [0.05, 0.1) is 18.2 Å². The van der Waals surface area contributed by atoms with E-state index in [0.717, 1.165) is 31.7 Å². The minimum atomic E-state index is 0.134. The second-order valence-corrected chi connectivity index (χ2v) is 6.25. The van der Waals surface area contributed by atoms with Crippen LogP contribution in [0.2, 0.25) is 0 Å². The molecule has 0 aliphatic carbocycles. The fraction of sp³-hybridized carbons (Fsp3) is 0.389. The van der Waals surface area contributed by atoms with Crippen LogP contribution in [0.3, 0.4) is 0 Å². The minimum absolute atomic E-state index is 0.134. The lowest BCUT2D eigenvalue weighted by atomic mass is 10.0. The van der Waals surface area contributed by atoms with Gasteiger partial charge in [0, 0.05) is 38.0 Å². The van der Waals surface area contributed by atoms with E-state index in [-0.39, 0.29) is 6.10 Å². The number of nitrogens with zero attached hydrogens (tertiary/aromatic N) is 2. The van der Waals surface area contributed by atoms with E-state index >= 15 is 0 Å². The molecule has 2 aromatic heterocycles. The Labute approximate surface area is 135 Å². The number of hydrogen-bond donors (Lipinski definition) is 2. The SMILES string of the molecule is Cn1cncc1[C@H]1C[C@H](NCc2cccc3cc[nH]c23)CCO1. The quantitative estimate of drug-likeness (QED) is 0.779. The Bertz CT molecular complexity index is 791. The zero-order valence-electron chi connectivity index (χ0n) is 13.3. The first-order valence-corrected chi connectivity index (χ1v) is 8.17. The largest absolute Gasteiger partial charge is 0.372 e. The number of para-hydroxylation sites is 1. The number of ether oxygens (including phenoxy) is 1. The first kappa shape index (κ1) is 14.5. The molecular formula is C18H22N4O. The number of fused-ring (bicyclic) bond motifs is 1. The van der Waals surface area contributed by atoms with Crippen molar-refractivity contribution >= 4 is 10.9 Å². The zero-order valence-corrected chi connectivity index (χ0v) is 13.3. The second kappa shape index (κ2) is 6.18. The van der Waals surface area contributed by atoms with Crippen molar-refractivity contribution in [1.82, 2.24) is 19.9 Å². The first-order valence-electron chi connectivity index (χ1n) is 8.17. The molecule has 1 aliphatic rings. The summed E-state index contributed by atoms with van der Waals surface area (Å²) >= 11 is 0. The van der Waals surface area contributed by atoms with E-state index in [2.05, 4.69) is 39.6 Å². The third kappa shape index (κ3) is 2.90. The average molecular weight is 310 g/mol. The van der Waals surface area contributed by atoms with Crippen LogP contribution in [-0.4, -0.2) is 27.2 Å². The highest BCUT2D eigenvalue weighted by molar-refractivity contribution is 5.82. The number of imidazole rings is 1. The number of rotatable bonds is 4. The van der Waals surface area contributed by atoms with Crippen molar-refractivity contribution in [2.45, 2.75) is 31.5 Å². The van der Waals surface area contributed by atoms with Gasteiger partial charge in [0.2, 0.25) is 0 Å². The summed E-state index contributed by atoms with van der Waals surface area (Å²) in [6.45, 7) is 1.67. The van der Waals surface area contributed by atoms with E-state index in [1.807, 2.05) is 30.3 Å². The van der Waals surface area contributed by atoms with E-state index in [1.54, 1.807) is 0 Å². The molecule has 3 aromatic rings. The Kier molecular flexibility index (Phi) is 3.89. The predicted molar refractivity (Wildman–Crippen MR) is 90.1 cm³/mol. The zero-order chi connectivity index (χ0) is 15.6. The van der Waals surface area contributed by atoms with Crippen LogP contribution in [0.1, 0.15) is 30.2 Å². The van der Waals surface area contributed by atoms with Gasteiger partial charge in [0.15, 0.2) is 0 Å². The summed E-state index contributed by atoms with van der Waals surface area (Å²) in [6, 6.07) is 9.03. The van der Waals surface area contributed by atoms with Crippen LogP contribution in [0.4, 0.5) is 0 Å². The van der Waals surface area contributed by atoms with E-state index in [4.69, 9.17) is 4.74 Å². The van der Waals surface area contributed by atoms with Gasteiger partial charge in [-0.2, -0.15) is 0 Å². The van der Waals surface area contributed by atoms with Gasteiger partial charge in [0.1, 0.15) is 6.10 Å². The highest BCUT2D eigenvalue weighted by atomic mass is 16.5. The maximum absolute atomic E-state index is 5.94. The number of aromatic amines is 1. The Hall–Kier alpha value is -2.11. The normalized spacial score (nSPS) is 21.8. The molecule has 0 bridgehead atoms. The molecule has 120 valence electrons. The van der Waals surface area contributed by atoms with Gasteiger partial charge in [-0.15, -0.1) is 0 Å². The van der Waals surface area contributed by atoms with Crippen molar-refractivity contribution < 1.29 is 4.74 Å². The molecule has 5 heteroatoms. The van der Waals surface area contributed by atoms with Gasteiger partial charge in [-0.3, -0.25) is 0 Å². The van der Waals surface area contributed by atoms with Gasteiger partial charge in [-0.25, -0.2) is 4.98 Å². The lowest BCUT2D eigenvalue weighted by molar-refractivity contribution is -0.00402. The van der Waals surface area contributed by atoms with Gasteiger partial charge in [-0.05, 0) is 29.9 Å². The van der Waals surface area contributed by atoms with Crippen LogP contribution >= 0.6 is 0 Å². The Balaban J connectivity index is 1.43. The molecule has 0 unspecified atom stereocenters. The molecule has 5 nitrogen and oxygen atoms in total. The molecule has 0 radical (unpaired) electrons. The smallest absolute Gasteiger partial charge is 0.100 e. The predicted octanol–water partition coefficient (Wildman–Crippen LogP) is 2.91. The summed E-state index contributed by atoms with van der Waals surface area (Å²) in [4.78, 5) is 7.54. The summed E-state index contributed by atoms with van der Waals surface area (Å²) in [5.41, 5.74) is 3.70. The molecule has 0 spiro atoms. The van der Waals surface area contributed by atoms with Crippen molar-refractivity contribution in [3.05, 3.63) is 54.2 Å². The standard InChI is InChI=1S/C18H22N4O/c1-22-12-19-11-16(22)17-9-15(6-8-23-17)21-10-14-4-2-3-13-5-7-20-18(13)14/h2-5,7,11-12,15,17,20-21H,6,8-10H2,1H3/t15-,17-/m1/s1. The maximum Gasteiger partial charge on any atom is 0.100 e. The summed E-state index contributed by atoms with van der Waals surface area (Å²) in [7, 11) is 2.02. The Morgan fingerprint density at radius 1 is 1.39 bits per heavy atom. The van der Waals surface area contributed by atoms with E-state index < -0.39 is 0 Å². The number of hydrogen-bond acceptors (Lipinski definition) is 3. The van der Waals surface area contributed by atoms with Crippen molar-refractivity contribution in [3.63, 3.8) is 0 Å². The molecule has 3 heterocycles. The highest BCUT2D eigenvalue weighted by Gasteiger charge is 2.25. The highest BCUT2D eigenvalue weighted by Crippen LogP contribution is 2.28. The molecule has 1 saturated heterocycles. The Morgan fingerprint density at radius 3 is 3.22 bits per heavy atom. The van der Waals surface area contributed by atoms with E-state index in [0.29, 0.717) is 6.04 Å². The van der Waals surface area contributed by atoms with Gasteiger partial charge < -0.3 is 19.6 Å². The molecule has 1 fully saturated rings. The fourth-order valence-electron chi connectivity index (χ4n) is 3.42. The van der Waals surface area contributed by atoms with Crippen LogP contribution in [0, 0.1) is 0 Å². The van der Waals surface area contributed by atoms with Gasteiger partial charge in [0.25, 0.3) is 0 Å². The Morgan fingerprint density at radius 2 is 2.35 bits per heavy atom. The third-order valence-corrected chi connectivity index (χ3v) is 4.72. The van der Waals surface area contributed by atoms with Crippen molar-refractivity contribution in [1.29, 1.82) is 0 Å². The first-order chi connectivity index (χ1) is 11.3. The number of aryl methyl sites for hydroxylation is 1. The molecular weight excluding hydrogens is 288 g/mol. The molecule has 1 aliphatic heterocycles. The number of nitrogens with one attached hydrogen (secondary N) is 2. The van der Waals surface area contributed by atoms with Gasteiger partial charge >= 0.3 is 0 Å². The average Bonchev–Trinajstić information content (AvgIpc) is 3.22. The molecule has 23 heavy (non-hydrogen) atoms. The molecule has 1 aromatic carbocycles. The summed E-state index contributed by atoms with van der Waals surface area (Å²) in [5, 5.41) is 4.97. The topological polar surface area (TPSA) is 54.9 Å². The van der Waals surface area contributed by atoms with E-state index in [9.17, 15) is 0 Å². The lowest BCUT2D eigenvalue weighted by Gasteiger charge is -2.30. The summed E-state index contributed by atoms with van der Waals surface area (Å²) in [5.74, 6) is 0.